The first-order valence-corrected chi connectivity index (χ1v) is 6.41. The van der Waals surface area contributed by atoms with Gasteiger partial charge in [0.1, 0.15) is 0 Å². The predicted molar refractivity (Wildman–Crippen MR) is 81.5 cm³/mol. The summed E-state index contributed by atoms with van der Waals surface area (Å²) in [6.07, 6.45) is 3.92. The molecule has 2 aromatic carbocycles. The van der Waals surface area contributed by atoms with Crippen molar-refractivity contribution in [2.75, 3.05) is 0 Å². The van der Waals surface area contributed by atoms with Crippen LogP contribution in [0.2, 0.25) is 0 Å². The van der Waals surface area contributed by atoms with Crippen LogP contribution in [0.1, 0.15) is 16.7 Å². The van der Waals surface area contributed by atoms with E-state index < -0.39 is 0 Å². The number of aliphatic imine (C=N–C) groups is 1. The fourth-order valence-electron chi connectivity index (χ4n) is 2.29. The van der Waals surface area contributed by atoms with Gasteiger partial charge in [-0.05, 0) is 31.5 Å². The molecule has 1 N–H and O–H groups in total. The molecular formula is C17H16N2. The number of rotatable bonds is 2. The summed E-state index contributed by atoms with van der Waals surface area (Å²) in [4.78, 5) is 7.85. The van der Waals surface area contributed by atoms with E-state index in [1.54, 1.807) is 0 Å². The van der Waals surface area contributed by atoms with Crippen molar-refractivity contribution in [3.8, 4) is 0 Å². The summed E-state index contributed by atoms with van der Waals surface area (Å²) in [7, 11) is 0. The van der Waals surface area contributed by atoms with Gasteiger partial charge >= 0.3 is 0 Å². The molecule has 0 radical (unpaired) electrons. The summed E-state index contributed by atoms with van der Waals surface area (Å²) >= 11 is 0. The van der Waals surface area contributed by atoms with E-state index in [-0.39, 0.29) is 0 Å². The van der Waals surface area contributed by atoms with E-state index in [1.807, 2.05) is 24.5 Å². The van der Waals surface area contributed by atoms with Gasteiger partial charge in [0, 0.05) is 28.9 Å². The van der Waals surface area contributed by atoms with Gasteiger partial charge in [0.25, 0.3) is 0 Å². The Hall–Kier alpha value is -2.35. The lowest BCUT2D eigenvalue weighted by Crippen LogP contribution is -1.80. The third-order valence-electron chi connectivity index (χ3n) is 3.32. The molecule has 0 spiro atoms. The number of hydrogen-bond donors (Lipinski definition) is 1. The molecule has 2 nitrogen and oxygen atoms in total. The Bertz CT molecular complexity index is 751. The van der Waals surface area contributed by atoms with E-state index in [2.05, 4.69) is 54.2 Å². The summed E-state index contributed by atoms with van der Waals surface area (Å²) in [6, 6.07) is 14.6. The molecular weight excluding hydrogens is 232 g/mol. The Morgan fingerprint density at radius 3 is 2.74 bits per heavy atom. The molecule has 0 atom stereocenters. The zero-order valence-corrected chi connectivity index (χ0v) is 11.1. The molecule has 0 bridgehead atoms. The monoisotopic (exact) mass is 248 g/mol. The van der Waals surface area contributed by atoms with Crippen molar-refractivity contribution in [3.05, 3.63) is 65.4 Å². The Morgan fingerprint density at radius 1 is 1.05 bits per heavy atom. The Kier molecular flexibility index (Phi) is 2.92. The number of nitrogens with one attached hydrogen (secondary N) is 1. The first-order valence-electron chi connectivity index (χ1n) is 6.41. The van der Waals surface area contributed by atoms with Crippen LogP contribution in [-0.4, -0.2) is 11.2 Å². The molecule has 3 aromatic rings. The Labute approximate surface area is 112 Å². The number of aryl methyl sites for hydroxylation is 2. The van der Waals surface area contributed by atoms with Crippen molar-refractivity contribution in [3.63, 3.8) is 0 Å². The van der Waals surface area contributed by atoms with Crippen LogP contribution >= 0.6 is 0 Å². The first-order chi connectivity index (χ1) is 9.24. The summed E-state index contributed by atoms with van der Waals surface area (Å²) in [5.74, 6) is 0. The molecule has 0 aliphatic heterocycles. The van der Waals surface area contributed by atoms with Gasteiger partial charge in [-0.3, -0.25) is 4.99 Å². The highest BCUT2D eigenvalue weighted by molar-refractivity contribution is 5.99. The molecule has 19 heavy (non-hydrogen) atoms. The summed E-state index contributed by atoms with van der Waals surface area (Å²) in [5, 5.41) is 1.20. The quantitative estimate of drug-likeness (QED) is 0.645. The molecule has 3 rings (SSSR count). The fourth-order valence-corrected chi connectivity index (χ4v) is 2.29. The van der Waals surface area contributed by atoms with Gasteiger partial charge in [-0.2, -0.15) is 0 Å². The molecule has 0 fully saturated rings. The van der Waals surface area contributed by atoms with Crippen LogP contribution in [0.5, 0.6) is 0 Å². The number of H-pyrrole nitrogens is 1. The minimum Gasteiger partial charge on any atom is -0.361 e. The number of para-hydroxylation sites is 1. The minimum absolute atomic E-state index is 1.02. The zero-order valence-electron chi connectivity index (χ0n) is 11.1. The van der Waals surface area contributed by atoms with Crippen LogP contribution in [0.15, 0.2) is 53.7 Å². The maximum absolute atomic E-state index is 4.59. The topological polar surface area (TPSA) is 28.1 Å². The molecule has 1 heterocycles. The standard InChI is InChI=1S/C17H16N2/c1-12-7-8-16(13(2)9-12)18-10-14-11-19-17-6-4-3-5-15(14)17/h3-11,19H,1-2H3/b18-10+. The number of fused-ring (bicyclic) bond motifs is 1. The maximum Gasteiger partial charge on any atom is 0.0659 e. The van der Waals surface area contributed by atoms with Gasteiger partial charge in [0.2, 0.25) is 0 Å². The summed E-state index contributed by atoms with van der Waals surface area (Å²) in [6.45, 7) is 4.19. The van der Waals surface area contributed by atoms with Crippen LogP contribution in [0.25, 0.3) is 10.9 Å². The van der Waals surface area contributed by atoms with Gasteiger partial charge < -0.3 is 4.98 Å². The highest BCUT2D eigenvalue weighted by atomic mass is 14.7. The van der Waals surface area contributed by atoms with Crippen molar-refractivity contribution < 1.29 is 0 Å². The van der Waals surface area contributed by atoms with Gasteiger partial charge in [-0.15, -0.1) is 0 Å². The molecule has 1 aromatic heterocycles. The molecule has 0 unspecified atom stereocenters. The molecule has 0 saturated heterocycles. The average molecular weight is 248 g/mol. The lowest BCUT2D eigenvalue weighted by molar-refractivity contribution is 1.35. The van der Waals surface area contributed by atoms with E-state index >= 15 is 0 Å². The Morgan fingerprint density at radius 2 is 1.89 bits per heavy atom. The van der Waals surface area contributed by atoms with E-state index in [0.29, 0.717) is 0 Å². The van der Waals surface area contributed by atoms with E-state index in [1.165, 1.54) is 16.5 Å². The first kappa shape index (κ1) is 11.7. The molecule has 0 aliphatic carbocycles. The maximum atomic E-state index is 4.59. The van der Waals surface area contributed by atoms with Crippen LogP contribution in [-0.2, 0) is 0 Å². The van der Waals surface area contributed by atoms with Crippen LogP contribution in [0, 0.1) is 13.8 Å². The molecule has 2 heteroatoms. The largest absolute Gasteiger partial charge is 0.361 e. The van der Waals surface area contributed by atoms with E-state index in [9.17, 15) is 0 Å². The highest BCUT2D eigenvalue weighted by Crippen LogP contribution is 2.21. The minimum atomic E-state index is 1.02. The summed E-state index contributed by atoms with van der Waals surface area (Å²) in [5.41, 5.74) is 5.76. The lowest BCUT2D eigenvalue weighted by atomic mass is 10.1. The third-order valence-corrected chi connectivity index (χ3v) is 3.32. The molecule has 94 valence electrons. The van der Waals surface area contributed by atoms with Gasteiger partial charge in [-0.25, -0.2) is 0 Å². The van der Waals surface area contributed by atoms with E-state index in [0.717, 1.165) is 16.8 Å². The SMILES string of the molecule is Cc1ccc(/N=C/c2c[nH]c3ccccc23)c(C)c1. The molecule has 0 saturated carbocycles. The predicted octanol–water partition coefficient (Wildman–Crippen LogP) is 4.54. The number of aromatic amines is 1. The highest BCUT2D eigenvalue weighted by Gasteiger charge is 2.00. The van der Waals surface area contributed by atoms with Crippen LogP contribution in [0.3, 0.4) is 0 Å². The van der Waals surface area contributed by atoms with Gasteiger partial charge in [0.05, 0.1) is 5.69 Å². The van der Waals surface area contributed by atoms with Crippen molar-refractivity contribution >= 4 is 22.8 Å². The number of hydrogen-bond acceptors (Lipinski definition) is 1. The Balaban J connectivity index is 1.98. The normalized spacial score (nSPS) is 11.5. The molecule has 0 amide bonds. The zero-order chi connectivity index (χ0) is 13.2. The van der Waals surface area contributed by atoms with Crippen molar-refractivity contribution in [2.45, 2.75) is 13.8 Å². The molecule has 0 aliphatic rings. The number of aromatic nitrogens is 1. The summed E-state index contributed by atoms with van der Waals surface area (Å²) < 4.78 is 0. The fraction of sp³-hybridized carbons (Fsp3) is 0.118. The second kappa shape index (κ2) is 4.73. The van der Waals surface area contributed by atoms with Gasteiger partial charge in [-0.1, -0.05) is 35.9 Å². The van der Waals surface area contributed by atoms with Crippen molar-refractivity contribution in [2.24, 2.45) is 4.99 Å². The lowest BCUT2D eigenvalue weighted by Gasteiger charge is -2.00. The van der Waals surface area contributed by atoms with Crippen molar-refractivity contribution in [1.29, 1.82) is 0 Å². The second-order valence-electron chi connectivity index (χ2n) is 4.84. The number of nitrogens with zero attached hydrogens (tertiary/aromatic N) is 1. The second-order valence-corrected chi connectivity index (χ2v) is 4.84. The van der Waals surface area contributed by atoms with E-state index in [4.69, 9.17) is 0 Å². The average Bonchev–Trinajstić information content (AvgIpc) is 2.81. The van der Waals surface area contributed by atoms with Gasteiger partial charge in [0.15, 0.2) is 0 Å². The number of benzene rings is 2. The third kappa shape index (κ3) is 2.29. The smallest absolute Gasteiger partial charge is 0.0659 e. The van der Waals surface area contributed by atoms with Crippen molar-refractivity contribution in [1.82, 2.24) is 4.98 Å². The van der Waals surface area contributed by atoms with Crippen LogP contribution in [0.4, 0.5) is 5.69 Å². The van der Waals surface area contributed by atoms with Crippen LogP contribution < -0.4 is 0 Å².